The van der Waals surface area contributed by atoms with Gasteiger partial charge in [0.2, 0.25) is 5.91 Å². The van der Waals surface area contributed by atoms with Gasteiger partial charge in [-0.2, -0.15) is 0 Å². The summed E-state index contributed by atoms with van der Waals surface area (Å²) in [6.07, 6.45) is 1.14. The normalized spacial score (nSPS) is 14.9. The number of aldehydes is 1. The minimum absolute atomic E-state index is 0.176. The van der Waals surface area contributed by atoms with Gasteiger partial charge < -0.3 is 4.79 Å². The van der Waals surface area contributed by atoms with Crippen LogP contribution < -0.4 is 0 Å². The third-order valence-corrected chi connectivity index (χ3v) is 2.61. The van der Waals surface area contributed by atoms with E-state index in [0.717, 1.165) is 10.5 Å². The van der Waals surface area contributed by atoms with Gasteiger partial charge in [-0.1, -0.05) is 18.2 Å². The Morgan fingerprint density at radius 3 is 2.75 bits per heavy atom. The molecule has 82 valence electrons. The van der Waals surface area contributed by atoms with E-state index in [0.29, 0.717) is 11.8 Å². The van der Waals surface area contributed by atoms with Crippen molar-refractivity contribution in [2.75, 3.05) is 6.54 Å². The third kappa shape index (κ3) is 1.74. The van der Waals surface area contributed by atoms with Gasteiger partial charge >= 0.3 is 0 Å². The summed E-state index contributed by atoms with van der Waals surface area (Å²) in [5.41, 5.74) is 1.33. The molecular formula is C12H11NO3. The van der Waals surface area contributed by atoms with Crippen LogP contribution in [0.1, 0.15) is 22.3 Å². The van der Waals surface area contributed by atoms with Crippen LogP contribution in [0.3, 0.4) is 0 Å². The maximum absolute atomic E-state index is 11.9. The number of nitrogens with zero attached hydrogens (tertiary/aromatic N) is 1. The van der Waals surface area contributed by atoms with Crippen LogP contribution in [0.4, 0.5) is 0 Å². The van der Waals surface area contributed by atoms with Crippen LogP contribution in [-0.4, -0.2) is 29.5 Å². The van der Waals surface area contributed by atoms with E-state index >= 15 is 0 Å². The van der Waals surface area contributed by atoms with Crippen molar-refractivity contribution in [1.82, 2.24) is 4.90 Å². The van der Waals surface area contributed by atoms with Crippen molar-refractivity contribution >= 4 is 18.1 Å². The first-order valence-electron chi connectivity index (χ1n) is 5.10. The van der Waals surface area contributed by atoms with E-state index in [4.69, 9.17) is 0 Å². The summed E-state index contributed by atoms with van der Waals surface area (Å²) in [6.45, 7) is 0.176. The second-order valence-corrected chi connectivity index (χ2v) is 3.64. The fraction of sp³-hybridized carbons (Fsp3) is 0.250. The lowest BCUT2D eigenvalue weighted by atomic mass is 9.98. The lowest BCUT2D eigenvalue weighted by Crippen LogP contribution is -2.42. The maximum Gasteiger partial charge on any atom is 0.260 e. The Morgan fingerprint density at radius 1 is 1.25 bits per heavy atom. The van der Waals surface area contributed by atoms with E-state index in [9.17, 15) is 14.4 Å². The number of amides is 2. The molecule has 4 nitrogen and oxygen atoms in total. The quantitative estimate of drug-likeness (QED) is 0.556. The Balaban J connectivity index is 2.30. The summed E-state index contributed by atoms with van der Waals surface area (Å²) in [7, 11) is 0. The standard InChI is InChI=1S/C12H11NO3/c14-7-3-6-13-11(15)8-9-4-1-2-5-10(9)12(13)16/h1-2,4-5,7H,3,6,8H2. The molecule has 0 spiro atoms. The topological polar surface area (TPSA) is 54.5 Å². The zero-order valence-electron chi connectivity index (χ0n) is 8.68. The van der Waals surface area contributed by atoms with E-state index in [2.05, 4.69) is 0 Å². The molecule has 1 aromatic carbocycles. The molecule has 16 heavy (non-hydrogen) atoms. The summed E-state index contributed by atoms with van der Waals surface area (Å²) >= 11 is 0. The first kappa shape index (κ1) is 10.5. The molecule has 2 rings (SSSR count). The van der Waals surface area contributed by atoms with E-state index in [1.807, 2.05) is 0 Å². The molecule has 0 N–H and O–H groups in total. The molecule has 0 aliphatic carbocycles. The van der Waals surface area contributed by atoms with Crippen LogP contribution in [0.15, 0.2) is 24.3 Å². The molecule has 1 aliphatic heterocycles. The van der Waals surface area contributed by atoms with Crippen molar-refractivity contribution in [2.24, 2.45) is 0 Å². The monoisotopic (exact) mass is 217 g/mol. The van der Waals surface area contributed by atoms with Crippen LogP contribution in [0.5, 0.6) is 0 Å². The molecule has 0 atom stereocenters. The van der Waals surface area contributed by atoms with Gasteiger partial charge in [-0.25, -0.2) is 0 Å². The summed E-state index contributed by atoms with van der Waals surface area (Å²) in [5.74, 6) is -0.528. The Bertz CT molecular complexity index is 453. The minimum atomic E-state index is -0.297. The van der Waals surface area contributed by atoms with Crippen molar-refractivity contribution in [3.8, 4) is 0 Å². The SMILES string of the molecule is O=CCCN1C(=O)Cc2ccccc2C1=O. The molecule has 0 bridgehead atoms. The number of carbonyl (C=O) groups excluding carboxylic acids is 3. The molecule has 0 fully saturated rings. The van der Waals surface area contributed by atoms with E-state index in [1.54, 1.807) is 24.3 Å². The number of hydrogen-bond donors (Lipinski definition) is 0. The fourth-order valence-corrected chi connectivity index (χ4v) is 1.81. The highest BCUT2D eigenvalue weighted by Gasteiger charge is 2.29. The number of benzene rings is 1. The third-order valence-electron chi connectivity index (χ3n) is 2.61. The highest BCUT2D eigenvalue weighted by molar-refractivity contribution is 6.09. The van der Waals surface area contributed by atoms with Crippen LogP contribution in [0, 0.1) is 0 Å². The highest BCUT2D eigenvalue weighted by atomic mass is 16.2. The Labute approximate surface area is 92.9 Å². The predicted molar refractivity (Wildman–Crippen MR) is 56.9 cm³/mol. The van der Waals surface area contributed by atoms with E-state index in [-0.39, 0.29) is 31.2 Å². The summed E-state index contributed by atoms with van der Waals surface area (Å²) in [5, 5.41) is 0. The largest absolute Gasteiger partial charge is 0.303 e. The first-order chi connectivity index (χ1) is 7.74. The van der Waals surface area contributed by atoms with Gasteiger partial charge in [-0.05, 0) is 11.6 Å². The molecule has 1 aromatic rings. The molecule has 0 unspecified atom stereocenters. The average Bonchev–Trinajstić information content (AvgIpc) is 2.29. The lowest BCUT2D eigenvalue weighted by molar-refractivity contribution is -0.128. The van der Waals surface area contributed by atoms with Gasteiger partial charge in [0.25, 0.3) is 5.91 Å². The second-order valence-electron chi connectivity index (χ2n) is 3.64. The Kier molecular flexibility index (Phi) is 2.81. The zero-order valence-corrected chi connectivity index (χ0v) is 8.68. The summed E-state index contributed by atoms with van der Waals surface area (Å²) in [4.78, 5) is 35.0. The van der Waals surface area contributed by atoms with Gasteiger partial charge in [-0.3, -0.25) is 14.5 Å². The van der Waals surface area contributed by atoms with Gasteiger partial charge in [0.15, 0.2) is 0 Å². The highest BCUT2D eigenvalue weighted by Crippen LogP contribution is 2.19. The van der Waals surface area contributed by atoms with Crippen molar-refractivity contribution in [2.45, 2.75) is 12.8 Å². The summed E-state index contributed by atoms with van der Waals surface area (Å²) < 4.78 is 0. The average molecular weight is 217 g/mol. The molecule has 4 heteroatoms. The Morgan fingerprint density at radius 2 is 2.00 bits per heavy atom. The molecule has 2 amide bonds. The van der Waals surface area contributed by atoms with Crippen molar-refractivity contribution in [3.05, 3.63) is 35.4 Å². The van der Waals surface area contributed by atoms with Gasteiger partial charge in [0.1, 0.15) is 6.29 Å². The molecule has 0 saturated carbocycles. The number of carbonyl (C=O) groups is 3. The second kappa shape index (κ2) is 4.26. The molecule has 1 aliphatic rings. The van der Waals surface area contributed by atoms with Crippen LogP contribution >= 0.6 is 0 Å². The summed E-state index contributed by atoms with van der Waals surface area (Å²) in [6, 6.07) is 7.06. The smallest absolute Gasteiger partial charge is 0.260 e. The van der Waals surface area contributed by atoms with Crippen molar-refractivity contribution in [1.29, 1.82) is 0 Å². The maximum atomic E-state index is 11.9. The number of fused-ring (bicyclic) bond motifs is 1. The molecule has 0 aromatic heterocycles. The minimum Gasteiger partial charge on any atom is -0.303 e. The van der Waals surface area contributed by atoms with Crippen LogP contribution in [-0.2, 0) is 16.0 Å². The number of imide groups is 1. The molecule has 0 radical (unpaired) electrons. The van der Waals surface area contributed by atoms with Gasteiger partial charge in [0.05, 0.1) is 6.42 Å². The van der Waals surface area contributed by atoms with Crippen LogP contribution in [0.2, 0.25) is 0 Å². The molecule has 0 saturated heterocycles. The zero-order chi connectivity index (χ0) is 11.5. The van der Waals surface area contributed by atoms with E-state index < -0.39 is 0 Å². The van der Waals surface area contributed by atoms with Crippen LogP contribution in [0.25, 0.3) is 0 Å². The van der Waals surface area contributed by atoms with E-state index in [1.165, 1.54) is 0 Å². The van der Waals surface area contributed by atoms with Gasteiger partial charge in [-0.15, -0.1) is 0 Å². The lowest BCUT2D eigenvalue weighted by Gasteiger charge is -2.26. The Hall–Kier alpha value is -1.97. The van der Waals surface area contributed by atoms with Crippen molar-refractivity contribution in [3.63, 3.8) is 0 Å². The first-order valence-corrected chi connectivity index (χ1v) is 5.10. The van der Waals surface area contributed by atoms with Crippen molar-refractivity contribution < 1.29 is 14.4 Å². The number of hydrogen-bond acceptors (Lipinski definition) is 3. The molecule has 1 heterocycles. The molecular weight excluding hydrogens is 206 g/mol. The number of rotatable bonds is 3. The predicted octanol–water partition coefficient (Wildman–Crippen LogP) is 0.801. The fourth-order valence-electron chi connectivity index (χ4n) is 1.81. The van der Waals surface area contributed by atoms with Gasteiger partial charge in [0, 0.05) is 18.5 Å².